The van der Waals surface area contributed by atoms with Crippen molar-refractivity contribution in [2.24, 2.45) is 5.92 Å². The molecule has 2 N–H and O–H groups in total. The minimum Gasteiger partial charge on any atom is -0.508 e. The first-order valence-corrected chi connectivity index (χ1v) is 7.27. The number of hydrogen-bond acceptors (Lipinski definition) is 2. The minimum atomic E-state index is 0.289. The summed E-state index contributed by atoms with van der Waals surface area (Å²) in [6, 6.07) is 6.62. The fourth-order valence-electron chi connectivity index (χ4n) is 4.49. The molecule has 0 amide bonds. The van der Waals surface area contributed by atoms with Gasteiger partial charge >= 0.3 is 0 Å². The monoisotopic (exact) mass is 245 g/mol. The van der Waals surface area contributed by atoms with Gasteiger partial charge in [-0.3, -0.25) is 0 Å². The summed E-state index contributed by atoms with van der Waals surface area (Å²) in [5.41, 5.74) is 3.16. The second-order valence-electron chi connectivity index (χ2n) is 5.88. The first-order valence-electron chi connectivity index (χ1n) is 7.27. The van der Waals surface area contributed by atoms with E-state index >= 15 is 0 Å². The fraction of sp³-hybridized carbons (Fsp3) is 0.625. The van der Waals surface area contributed by atoms with Gasteiger partial charge in [0, 0.05) is 11.5 Å². The molecule has 1 aromatic rings. The van der Waals surface area contributed by atoms with E-state index in [4.69, 9.17) is 0 Å². The molecule has 98 valence electrons. The number of hydrogen-bond donors (Lipinski definition) is 2. The summed E-state index contributed by atoms with van der Waals surface area (Å²) in [5, 5.41) is 13.5. The van der Waals surface area contributed by atoms with Crippen molar-refractivity contribution >= 4 is 0 Å². The van der Waals surface area contributed by atoms with Gasteiger partial charge in [0.25, 0.3) is 0 Å². The van der Waals surface area contributed by atoms with Crippen molar-refractivity contribution < 1.29 is 5.11 Å². The van der Waals surface area contributed by atoms with Gasteiger partial charge in [-0.1, -0.05) is 26.3 Å². The van der Waals surface area contributed by atoms with E-state index in [9.17, 15) is 5.11 Å². The molecule has 3 rings (SSSR count). The lowest BCUT2D eigenvalue weighted by Crippen LogP contribution is -2.58. The zero-order valence-electron chi connectivity index (χ0n) is 11.4. The third-order valence-electron chi connectivity index (χ3n) is 5.31. The molecule has 1 heterocycles. The van der Waals surface area contributed by atoms with Crippen LogP contribution in [0.1, 0.15) is 44.2 Å². The summed E-state index contributed by atoms with van der Waals surface area (Å²) in [5.74, 6) is 1.14. The standard InChI is InChI=1S/C16H23NO/c1-3-13-15-9-11-5-6-12(18)10-14(11)16(13,4-2)7-8-17-15/h5-6,10,13,15,17-18H,3-4,7-9H2,1-2H3/t13-,15+,16+/m0/s1. The van der Waals surface area contributed by atoms with Crippen molar-refractivity contribution in [1.82, 2.24) is 5.32 Å². The lowest BCUT2D eigenvalue weighted by atomic mass is 9.56. The maximum absolute atomic E-state index is 9.84. The summed E-state index contributed by atoms with van der Waals surface area (Å²) in [6.45, 7) is 5.73. The molecule has 1 aromatic carbocycles. The van der Waals surface area contributed by atoms with Crippen LogP contribution in [0.3, 0.4) is 0 Å². The molecule has 0 unspecified atom stereocenters. The maximum atomic E-state index is 9.84. The molecule has 1 saturated heterocycles. The molecular weight excluding hydrogens is 222 g/mol. The molecule has 2 nitrogen and oxygen atoms in total. The third-order valence-corrected chi connectivity index (χ3v) is 5.31. The molecule has 1 aliphatic carbocycles. The van der Waals surface area contributed by atoms with E-state index in [0.717, 1.165) is 13.0 Å². The minimum absolute atomic E-state index is 0.289. The van der Waals surface area contributed by atoms with Gasteiger partial charge in [-0.15, -0.1) is 0 Å². The molecule has 3 atom stereocenters. The van der Waals surface area contributed by atoms with E-state index in [1.807, 2.05) is 12.1 Å². The molecule has 2 aliphatic rings. The Balaban J connectivity index is 2.18. The Bertz CT molecular complexity index is 456. The van der Waals surface area contributed by atoms with Crippen molar-refractivity contribution in [3.05, 3.63) is 29.3 Å². The van der Waals surface area contributed by atoms with Crippen LogP contribution in [0.25, 0.3) is 0 Å². The molecule has 2 bridgehead atoms. The molecule has 0 aromatic heterocycles. The van der Waals surface area contributed by atoms with E-state index in [0.29, 0.717) is 17.7 Å². The first kappa shape index (κ1) is 12.0. The van der Waals surface area contributed by atoms with Crippen LogP contribution in [0.2, 0.25) is 0 Å². The third kappa shape index (κ3) is 1.51. The van der Waals surface area contributed by atoms with Gasteiger partial charge in [0.1, 0.15) is 5.75 Å². The van der Waals surface area contributed by atoms with E-state index < -0.39 is 0 Å². The summed E-state index contributed by atoms with van der Waals surface area (Å²) < 4.78 is 0. The molecule has 0 saturated carbocycles. The summed E-state index contributed by atoms with van der Waals surface area (Å²) in [6.07, 6.45) is 4.73. The summed E-state index contributed by atoms with van der Waals surface area (Å²) in [7, 11) is 0. The van der Waals surface area contributed by atoms with Gasteiger partial charge in [0.05, 0.1) is 0 Å². The van der Waals surface area contributed by atoms with Crippen molar-refractivity contribution in [2.45, 2.75) is 51.0 Å². The average molecular weight is 245 g/mol. The van der Waals surface area contributed by atoms with E-state index in [2.05, 4.69) is 25.2 Å². The SMILES string of the molecule is CC[C@H]1[C@H]2Cc3ccc(O)cc3[C@]1(CC)CCN2. The predicted octanol–water partition coefficient (Wildman–Crippen LogP) is 2.98. The Morgan fingerprint density at radius 2 is 2.22 bits per heavy atom. The van der Waals surface area contributed by atoms with Crippen LogP contribution in [0.15, 0.2) is 18.2 Å². The zero-order valence-corrected chi connectivity index (χ0v) is 11.4. The highest BCUT2D eigenvalue weighted by Gasteiger charge is 2.48. The van der Waals surface area contributed by atoms with E-state index in [1.54, 1.807) is 0 Å². The highest BCUT2D eigenvalue weighted by atomic mass is 16.3. The lowest BCUT2D eigenvalue weighted by molar-refractivity contribution is 0.117. The maximum Gasteiger partial charge on any atom is 0.115 e. The second kappa shape index (κ2) is 4.27. The highest BCUT2D eigenvalue weighted by Crippen LogP contribution is 2.50. The van der Waals surface area contributed by atoms with Gasteiger partial charge in [0.2, 0.25) is 0 Å². The van der Waals surface area contributed by atoms with Crippen LogP contribution in [0.4, 0.5) is 0 Å². The number of aromatic hydroxyl groups is 1. The number of phenols is 1. The normalized spacial score (nSPS) is 34.1. The number of nitrogens with one attached hydrogen (secondary N) is 1. The van der Waals surface area contributed by atoms with Gasteiger partial charge < -0.3 is 10.4 Å². The zero-order chi connectivity index (χ0) is 12.8. The van der Waals surface area contributed by atoms with E-state index in [1.165, 1.54) is 30.4 Å². The average Bonchev–Trinajstić information content (AvgIpc) is 2.39. The Hall–Kier alpha value is -1.02. The molecule has 18 heavy (non-hydrogen) atoms. The largest absolute Gasteiger partial charge is 0.508 e. The van der Waals surface area contributed by atoms with Gasteiger partial charge in [0.15, 0.2) is 0 Å². The molecule has 0 radical (unpaired) electrons. The topological polar surface area (TPSA) is 32.3 Å². The molecule has 0 spiro atoms. The van der Waals surface area contributed by atoms with Crippen molar-refractivity contribution in [2.75, 3.05) is 6.54 Å². The number of phenolic OH excluding ortho intramolecular Hbond substituents is 1. The number of piperidine rings is 1. The summed E-state index contributed by atoms with van der Waals surface area (Å²) in [4.78, 5) is 0. The Labute approximate surface area is 109 Å². The van der Waals surface area contributed by atoms with E-state index in [-0.39, 0.29) is 5.41 Å². The van der Waals surface area contributed by atoms with Crippen LogP contribution >= 0.6 is 0 Å². The van der Waals surface area contributed by atoms with Crippen molar-refractivity contribution in [1.29, 1.82) is 0 Å². The van der Waals surface area contributed by atoms with Crippen LogP contribution in [0, 0.1) is 5.92 Å². The Kier molecular flexibility index (Phi) is 2.86. The van der Waals surface area contributed by atoms with Crippen molar-refractivity contribution in [3.8, 4) is 5.75 Å². The quantitative estimate of drug-likeness (QED) is 0.839. The van der Waals surface area contributed by atoms with Gasteiger partial charge in [-0.2, -0.15) is 0 Å². The van der Waals surface area contributed by atoms with Crippen LogP contribution in [0.5, 0.6) is 5.75 Å². The summed E-state index contributed by atoms with van der Waals surface area (Å²) >= 11 is 0. The number of rotatable bonds is 2. The first-order chi connectivity index (χ1) is 8.71. The number of benzene rings is 1. The van der Waals surface area contributed by atoms with Gasteiger partial charge in [-0.05, 0) is 55.0 Å². The fourth-order valence-corrected chi connectivity index (χ4v) is 4.49. The molecule has 2 heteroatoms. The Morgan fingerprint density at radius 3 is 2.94 bits per heavy atom. The van der Waals surface area contributed by atoms with Crippen LogP contribution in [-0.2, 0) is 11.8 Å². The lowest BCUT2D eigenvalue weighted by Gasteiger charge is -2.53. The van der Waals surface area contributed by atoms with Crippen molar-refractivity contribution in [3.63, 3.8) is 0 Å². The molecular formula is C16H23NO. The molecule has 1 aliphatic heterocycles. The number of fused-ring (bicyclic) bond motifs is 4. The second-order valence-corrected chi connectivity index (χ2v) is 5.88. The highest BCUT2D eigenvalue weighted by molar-refractivity contribution is 5.44. The molecule has 1 fully saturated rings. The predicted molar refractivity (Wildman–Crippen MR) is 74.0 cm³/mol. The van der Waals surface area contributed by atoms with Gasteiger partial charge in [-0.25, -0.2) is 0 Å². The van der Waals surface area contributed by atoms with Crippen LogP contribution in [-0.4, -0.2) is 17.7 Å². The Morgan fingerprint density at radius 1 is 1.39 bits per heavy atom. The smallest absolute Gasteiger partial charge is 0.115 e. The van der Waals surface area contributed by atoms with Crippen LogP contribution < -0.4 is 5.32 Å².